The van der Waals surface area contributed by atoms with Crippen molar-refractivity contribution in [3.8, 4) is 5.75 Å². The van der Waals surface area contributed by atoms with Crippen LogP contribution in [-0.2, 0) is 4.74 Å². The minimum absolute atomic E-state index is 0.0353. The number of methoxy groups -OCH3 is 1. The minimum Gasteiger partial charge on any atom is -0.497 e. The van der Waals surface area contributed by atoms with E-state index in [1.165, 1.54) is 11.3 Å². The van der Waals surface area contributed by atoms with Crippen molar-refractivity contribution in [1.29, 1.82) is 0 Å². The molecule has 0 aliphatic carbocycles. The van der Waals surface area contributed by atoms with Crippen LogP contribution in [-0.4, -0.2) is 56.7 Å². The molecule has 1 aliphatic heterocycles. The molecule has 8 heteroatoms. The van der Waals surface area contributed by atoms with E-state index in [2.05, 4.69) is 15.5 Å². The average molecular weight is 466 g/mol. The van der Waals surface area contributed by atoms with Crippen LogP contribution in [0.25, 0.3) is 0 Å². The van der Waals surface area contributed by atoms with Gasteiger partial charge in [0.15, 0.2) is 0 Å². The van der Waals surface area contributed by atoms with Crippen LogP contribution in [0.3, 0.4) is 0 Å². The number of hydrogen-bond donors (Lipinski definition) is 2. The number of amides is 2. The van der Waals surface area contributed by atoms with Gasteiger partial charge in [-0.25, -0.2) is 0 Å². The summed E-state index contributed by atoms with van der Waals surface area (Å²) in [5, 5.41) is 7.77. The van der Waals surface area contributed by atoms with E-state index < -0.39 is 0 Å². The fourth-order valence-corrected chi connectivity index (χ4v) is 4.39. The van der Waals surface area contributed by atoms with Crippen LogP contribution in [0.2, 0.25) is 0 Å². The van der Waals surface area contributed by atoms with Crippen molar-refractivity contribution in [2.45, 2.75) is 6.04 Å². The lowest BCUT2D eigenvalue weighted by atomic mass is 10.0. The lowest BCUT2D eigenvalue weighted by molar-refractivity contribution is 0.0162. The normalized spacial score (nSPS) is 14.9. The zero-order valence-corrected chi connectivity index (χ0v) is 19.3. The lowest BCUT2D eigenvalue weighted by Gasteiger charge is -2.35. The Labute approximate surface area is 197 Å². The summed E-state index contributed by atoms with van der Waals surface area (Å²) in [5.74, 6) is 0.489. The highest BCUT2D eigenvalue weighted by molar-refractivity contribution is 7.12. The van der Waals surface area contributed by atoms with E-state index in [1.807, 2.05) is 35.7 Å². The van der Waals surface area contributed by atoms with Crippen molar-refractivity contribution in [3.05, 3.63) is 82.0 Å². The highest BCUT2D eigenvalue weighted by atomic mass is 32.1. The number of rotatable bonds is 8. The number of thiophene rings is 1. The molecule has 3 aromatic rings. The van der Waals surface area contributed by atoms with E-state index in [1.54, 1.807) is 37.4 Å². The van der Waals surface area contributed by atoms with Crippen molar-refractivity contribution in [2.24, 2.45) is 0 Å². The van der Waals surface area contributed by atoms with Gasteiger partial charge in [0.1, 0.15) is 5.75 Å². The van der Waals surface area contributed by atoms with Gasteiger partial charge in [0.25, 0.3) is 11.8 Å². The van der Waals surface area contributed by atoms with Crippen LogP contribution < -0.4 is 15.4 Å². The summed E-state index contributed by atoms with van der Waals surface area (Å²) in [6.07, 6.45) is 0. The van der Waals surface area contributed by atoms with Gasteiger partial charge in [-0.1, -0.05) is 18.2 Å². The predicted octanol–water partition coefficient (Wildman–Crippen LogP) is 3.81. The quantitative estimate of drug-likeness (QED) is 0.529. The van der Waals surface area contributed by atoms with Gasteiger partial charge in [-0.2, -0.15) is 0 Å². The summed E-state index contributed by atoms with van der Waals surface area (Å²) in [5.41, 5.74) is 2.30. The number of hydrogen-bond acceptors (Lipinski definition) is 6. The zero-order chi connectivity index (χ0) is 23.0. The minimum atomic E-state index is -0.157. The molecule has 1 atom stereocenters. The molecule has 0 spiro atoms. The van der Waals surface area contributed by atoms with Crippen LogP contribution in [0.15, 0.2) is 66.0 Å². The van der Waals surface area contributed by atoms with E-state index in [4.69, 9.17) is 9.47 Å². The SMILES string of the molecule is COc1ccc([C@H](CNC(=O)c2ccc(NC(=O)c3cccs3)cc2)N2CCOCC2)cc1. The van der Waals surface area contributed by atoms with Gasteiger partial charge in [-0.05, 0) is 53.4 Å². The van der Waals surface area contributed by atoms with E-state index >= 15 is 0 Å². The molecule has 4 rings (SSSR count). The zero-order valence-electron chi connectivity index (χ0n) is 18.5. The highest BCUT2D eigenvalue weighted by Gasteiger charge is 2.23. The molecule has 0 bridgehead atoms. The van der Waals surface area contributed by atoms with Crippen LogP contribution >= 0.6 is 11.3 Å². The molecule has 0 saturated carbocycles. The Bertz CT molecular complexity index is 1050. The first-order valence-corrected chi connectivity index (χ1v) is 11.7. The number of nitrogens with zero attached hydrogens (tertiary/aromatic N) is 1. The second kappa shape index (κ2) is 11.1. The maximum absolute atomic E-state index is 12.8. The molecule has 2 heterocycles. The first kappa shape index (κ1) is 23.0. The number of anilines is 1. The Kier molecular flexibility index (Phi) is 7.72. The van der Waals surface area contributed by atoms with Gasteiger partial charge >= 0.3 is 0 Å². The Morgan fingerprint density at radius 3 is 2.39 bits per heavy atom. The Morgan fingerprint density at radius 1 is 1.03 bits per heavy atom. The predicted molar refractivity (Wildman–Crippen MR) is 129 cm³/mol. The summed E-state index contributed by atoms with van der Waals surface area (Å²) in [4.78, 5) is 28.0. The van der Waals surface area contributed by atoms with Gasteiger partial charge in [0, 0.05) is 30.9 Å². The summed E-state index contributed by atoms with van der Waals surface area (Å²) >= 11 is 1.38. The fraction of sp³-hybridized carbons (Fsp3) is 0.280. The number of ether oxygens (including phenoxy) is 2. The fourth-order valence-electron chi connectivity index (χ4n) is 3.77. The lowest BCUT2D eigenvalue weighted by Crippen LogP contribution is -2.43. The van der Waals surface area contributed by atoms with Gasteiger partial charge in [-0.15, -0.1) is 11.3 Å². The van der Waals surface area contributed by atoms with Gasteiger partial charge in [0.2, 0.25) is 0 Å². The van der Waals surface area contributed by atoms with E-state index in [-0.39, 0.29) is 17.9 Å². The number of carbonyl (C=O) groups is 2. The summed E-state index contributed by atoms with van der Waals surface area (Å²) in [7, 11) is 1.65. The topological polar surface area (TPSA) is 79.9 Å². The summed E-state index contributed by atoms with van der Waals surface area (Å²) in [6, 6.07) is 18.5. The highest BCUT2D eigenvalue weighted by Crippen LogP contribution is 2.24. The molecular formula is C25H27N3O4S. The molecule has 0 unspecified atom stereocenters. The summed E-state index contributed by atoms with van der Waals surface area (Å²) < 4.78 is 10.8. The van der Waals surface area contributed by atoms with Crippen molar-refractivity contribution in [2.75, 3.05) is 45.3 Å². The third-order valence-corrected chi connectivity index (χ3v) is 6.46. The number of morpholine rings is 1. The third-order valence-electron chi connectivity index (χ3n) is 5.59. The molecule has 1 aromatic heterocycles. The monoisotopic (exact) mass is 465 g/mol. The molecular weight excluding hydrogens is 438 g/mol. The Hall–Kier alpha value is -3.20. The smallest absolute Gasteiger partial charge is 0.265 e. The van der Waals surface area contributed by atoms with Crippen molar-refractivity contribution < 1.29 is 19.1 Å². The number of carbonyl (C=O) groups excluding carboxylic acids is 2. The molecule has 1 saturated heterocycles. The molecule has 0 radical (unpaired) electrons. The van der Waals surface area contributed by atoms with E-state index in [9.17, 15) is 9.59 Å². The maximum Gasteiger partial charge on any atom is 0.265 e. The molecule has 7 nitrogen and oxygen atoms in total. The van der Waals surface area contributed by atoms with Gasteiger partial charge in [-0.3, -0.25) is 14.5 Å². The molecule has 2 N–H and O–H groups in total. The molecule has 2 aromatic carbocycles. The first-order valence-electron chi connectivity index (χ1n) is 10.8. The average Bonchev–Trinajstić information content (AvgIpc) is 3.41. The van der Waals surface area contributed by atoms with Crippen LogP contribution in [0.5, 0.6) is 5.75 Å². The Morgan fingerprint density at radius 2 is 1.76 bits per heavy atom. The maximum atomic E-state index is 12.8. The molecule has 1 fully saturated rings. The standard InChI is InChI=1S/C25H27N3O4S/c1-31-21-10-6-18(7-11-21)22(28-12-14-32-15-13-28)17-26-24(29)19-4-8-20(9-5-19)27-25(30)23-3-2-16-33-23/h2-11,16,22H,12-15,17H2,1H3,(H,26,29)(H,27,30)/t22-/m0/s1. The van der Waals surface area contributed by atoms with Crippen molar-refractivity contribution >= 4 is 28.8 Å². The van der Waals surface area contributed by atoms with Crippen LogP contribution in [0.4, 0.5) is 5.69 Å². The second-order valence-electron chi connectivity index (χ2n) is 7.66. The number of nitrogens with one attached hydrogen (secondary N) is 2. The van der Waals surface area contributed by atoms with Gasteiger partial charge < -0.3 is 20.1 Å². The first-order chi connectivity index (χ1) is 16.1. The van der Waals surface area contributed by atoms with Crippen LogP contribution in [0.1, 0.15) is 31.6 Å². The largest absolute Gasteiger partial charge is 0.497 e. The molecule has 2 amide bonds. The molecule has 172 valence electrons. The van der Waals surface area contributed by atoms with Crippen molar-refractivity contribution in [1.82, 2.24) is 10.2 Å². The van der Waals surface area contributed by atoms with Gasteiger partial charge in [0.05, 0.1) is 31.2 Å². The van der Waals surface area contributed by atoms with E-state index in [0.29, 0.717) is 35.9 Å². The van der Waals surface area contributed by atoms with Crippen molar-refractivity contribution in [3.63, 3.8) is 0 Å². The van der Waals surface area contributed by atoms with E-state index in [0.717, 1.165) is 24.4 Å². The summed E-state index contributed by atoms with van der Waals surface area (Å²) in [6.45, 7) is 3.46. The number of benzene rings is 2. The Balaban J connectivity index is 1.39. The third kappa shape index (κ3) is 5.98. The van der Waals surface area contributed by atoms with Crippen LogP contribution in [0, 0.1) is 0 Å². The molecule has 33 heavy (non-hydrogen) atoms. The second-order valence-corrected chi connectivity index (χ2v) is 8.60. The molecule has 1 aliphatic rings.